The zero-order valence-electron chi connectivity index (χ0n) is 16.3. The number of amides is 1. The second-order valence-corrected chi connectivity index (χ2v) is 7.95. The van der Waals surface area contributed by atoms with Gasteiger partial charge in [0.15, 0.2) is 11.5 Å². The summed E-state index contributed by atoms with van der Waals surface area (Å²) >= 11 is 0. The third kappa shape index (κ3) is 3.68. The number of aromatic nitrogens is 1. The second kappa shape index (κ2) is 8.00. The van der Waals surface area contributed by atoms with E-state index in [2.05, 4.69) is 28.0 Å². The zero-order valence-corrected chi connectivity index (χ0v) is 16.3. The Kier molecular flexibility index (Phi) is 5.08. The van der Waals surface area contributed by atoms with Gasteiger partial charge >= 0.3 is 0 Å². The zero-order chi connectivity index (χ0) is 19.6. The number of likely N-dealkylation sites (tertiary alicyclic amines) is 1. The predicted molar refractivity (Wildman–Crippen MR) is 108 cm³/mol. The van der Waals surface area contributed by atoms with Gasteiger partial charge < -0.3 is 14.4 Å². The van der Waals surface area contributed by atoms with Gasteiger partial charge in [-0.05, 0) is 54.7 Å². The number of benzene rings is 1. The Labute approximate surface area is 170 Å². The van der Waals surface area contributed by atoms with Crippen LogP contribution in [0.25, 0.3) is 0 Å². The van der Waals surface area contributed by atoms with E-state index in [4.69, 9.17) is 9.47 Å². The van der Waals surface area contributed by atoms with Crippen molar-refractivity contribution in [1.82, 2.24) is 20.7 Å². The van der Waals surface area contributed by atoms with E-state index in [1.807, 2.05) is 35.5 Å². The number of carbonyl (C=O) groups is 1. The van der Waals surface area contributed by atoms with Crippen LogP contribution < -0.4 is 20.3 Å². The van der Waals surface area contributed by atoms with Crippen LogP contribution in [-0.2, 0) is 0 Å². The van der Waals surface area contributed by atoms with Gasteiger partial charge in [0.2, 0.25) is 0 Å². The van der Waals surface area contributed by atoms with E-state index in [0.29, 0.717) is 48.2 Å². The molecule has 0 aliphatic carbocycles. The molecule has 0 bridgehead atoms. The van der Waals surface area contributed by atoms with Gasteiger partial charge in [-0.2, -0.15) is 0 Å². The summed E-state index contributed by atoms with van der Waals surface area (Å²) in [7, 11) is 0. The molecule has 2 aromatic rings. The molecule has 2 saturated heterocycles. The molecule has 0 saturated carbocycles. The molecule has 0 spiro atoms. The van der Waals surface area contributed by atoms with Crippen molar-refractivity contribution in [3.8, 4) is 11.5 Å². The summed E-state index contributed by atoms with van der Waals surface area (Å²) in [6.45, 7) is 3.52. The maximum atomic E-state index is 13.2. The molecule has 7 nitrogen and oxygen atoms in total. The number of fused-ring (bicyclic) bond motifs is 1. The minimum absolute atomic E-state index is 0.0677. The molecule has 1 aromatic heterocycles. The Morgan fingerprint density at radius 3 is 2.79 bits per heavy atom. The fourth-order valence-corrected chi connectivity index (χ4v) is 4.74. The van der Waals surface area contributed by atoms with Crippen LogP contribution in [0.1, 0.15) is 34.7 Å². The molecule has 3 aliphatic rings. The van der Waals surface area contributed by atoms with Crippen molar-refractivity contribution in [3.63, 3.8) is 0 Å². The SMILES string of the molecule is O=C(c1ccc2c(c1)OCCO2)N1CCCC(C2NNCC2c2ccncc2)C1. The van der Waals surface area contributed by atoms with E-state index in [1.54, 1.807) is 0 Å². The minimum Gasteiger partial charge on any atom is -0.486 e. The number of hydrazine groups is 1. The smallest absolute Gasteiger partial charge is 0.254 e. The number of nitrogens with one attached hydrogen (secondary N) is 2. The van der Waals surface area contributed by atoms with Crippen LogP contribution in [0, 0.1) is 5.92 Å². The van der Waals surface area contributed by atoms with E-state index in [9.17, 15) is 4.79 Å². The lowest BCUT2D eigenvalue weighted by molar-refractivity contribution is 0.0643. The summed E-state index contributed by atoms with van der Waals surface area (Å²) in [5.41, 5.74) is 8.75. The van der Waals surface area contributed by atoms with Gasteiger partial charge in [-0.3, -0.25) is 20.6 Å². The van der Waals surface area contributed by atoms with Crippen LogP contribution in [0.4, 0.5) is 0 Å². The van der Waals surface area contributed by atoms with Crippen LogP contribution in [0.3, 0.4) is 0 Å². The number of pyridine rings is 1. The lowest BCUT2D eigenvalue weighted by atomic mass is 9.81. The Hall–Kier alpha value is -2.64. The first-order chi connectivity index (χ1) is 14.3. The molecular formula is C22H26N4O3. The van der Waals surface area contributed by atoms with E-state index in [-0.39, 0.29) is 5.91 Å². The standard InChI is InChI=1S/C22H26N4O3/c27-22(16-3-4-19-20(12-16)29-11-10-28-19)26-9-1-2-17(14-26)21-18(13-24-25-21)15-5-7-23-8-6-15/h3-8,12,17-18,21,24-25H,1-2,9-11,13-14H2. The van der Waals surface area contributed by atoms with Gasteiger partial charge in [-0.15, -0.1) is 0 Å². The average Bonchev–Trinajstić information content (AvgIpc) is 3.29. The molecule has 3 unspecified atom stereocenters. The molecule has 7 heteroatoms. The molecule has 1 amide bonds. The molecule has 2 N–H and O–H groups in total. The molecule has 0 radical (unpaired) electrons. The summed E-state index contributed by atoms with van der Waals surface area (Å²) < 4.78 is 11.2. The molecule has 3 aliphatic heterocycles. The maximum absolute atomic E-state index is 13.2. The Morgan fingerprint density at radius 2 is 1.93 bits per heavy atom. The Balaban J connectivity index is 1.31. The minimum atomic E-state index is 0.0677. The average molecular weight is 394 g/mol. The van der Waals surface area contributed by atoms with E-state index >= 15 is 0 Å². The summed E-state index contributed by atoms with van der Waals surface area (Å²) in [5, 5.41) is 0. The van der Waals surface area contributed by atoms with Crippen molar-refractivity contribution in [2.45, 2.75) is 24.8 Å². The number of hydrogen-bond acceptors (Lipinski definition) is 6. The topological polar surface area (TPSA) is 75.7 Å². The molecular weight excluding hydrogens is 368 g/mol. The van der Waals surface area contributed by atoms with E-state index < -0.39 is 0 Å². The third-order valence-corrected chi connectivity index (χ3v) is 6.20. The molecule has 4 heterocycles. The highest BCUT2D eigenvalue weighted by atomic mass is 16.6. The number of rotatable bonds is 3. The van der Waals surface area contributed by atoms with Crippen molar-refractivity contribution in [2.24, 2.45) is 5.92 Å². The quantitative estimate of drug-likeness (QED) is 0.829. The summed E-state index contributed by atoms with van der Waals surface area (Å²) in [6.07, 6.45) is 5.83. The molecule has 152 valence electrons. The van der Waals surface area contributed by atoms with Crippen molar-refractivity contribution in [1.29, 1.82) is 0 Å². The highest BCUT2D eigenvalue weighted by Crippen LogP contribution is 2.34. The number of nitrogens with zero attached hydrogens (tertiary/aromatic N) is 2. The van der Waals surface area contributed by atoms with Crippen molar-refractivity contribution < 1.29 is 14.3 Å². The van der Waals surface area contributed by atoms with Gasteiger partial charge in [0.05, 0.1) is 0 Å². The van der Waals surface area contributed by atoms with Crippen molar-refractivity contribution >= 4 is 5.91 Å². The van der Waals surface area contributed by atoms with Gasteiger partial charge in [-0.25, -0.2) is 0 Å². The van der Waals surface area contributed by atoms with Gasteiger partial charge in [0.25, 0.3) is 5.91 Å². The second-order valence-electron chi connectivity index (χ2n) is 7.95. The molecule has 5 rings (SSSR count). The van der Waals surface area contributed by atoms with Crippen LogP contribution in [0.2, 0.25) is 0 Å². The summed E-state index contributed by atoms with van der Waals surface area (Å²) in [6, 6.07) is 9.98. The third-order valence-electron chi connectivity index (χ3n) is 6.20. The summed E-state index contributed by atoms with van der Waals surface area (Å²) in [5.74, 6) is 2.23. The molecule has 2 fully saturated rings. The van der Waals surface area contributed by atoms with Crippen molar-refractivity contribution in [2.75, 3.05) is 32.8 Å². The van der Waals surface area contributed by atoms with E-state index in [0.717, 1.165) is 32.5 Å². The molecule has 1 aromatic carbocycles. The van der Waals surface area contributed by atoms with Crippen LogP contribution in [0.15, 0.2) is 42.7 Å². The fourth-order valence-electron chi connectivity index (χ4n) is 4.74. The lowest BCUT2D eigenvalue weighted by Gasteiger charge is -2.37. The fraction of sp³-hybridized carbons (Fsp3) is 0.455. The Bertz CT molecular complexity index is 876. The molecule has 3 atom stereocenters. The summed E-state index contributed by atoms with van der Waals surface area (Å²) in [4.78, 5) is 19.3. The highest BCUT2D eigenvalue weighted by molar-refractivity contribution is 5.95. The first-order valence-corrected chi connectivity index (χ1v) is 10.4. The van der Waals surface area contributed by atoms with Crippen LogP contribution in [0.5, 0.6) is 11.5 Å². The monoisotopic (exact) mass is 394 g/mol. The van der Waals surface area contributed by atoms with Gasteiger partial charge in [-0.1, -0.05) is 0 Å². The van der Waals surface area contributed by atoms with Crippen LogP contribution in [-0.4, -0.2) is 54.7 Å². The molecule has 29 heavy (non-hydrogen) atoms. The van der Waals surface area contributed by atoms with E-state index in [1.165, 1.54) is 5.56 Å². The highest BCUT2D eigenvalue weighted by Gasteiger charge is 2.37. The number of ether oxygens (including phenoxy) is 2. The largest absolute Gasteiger partial charge is 0.486 e. The first kappa shape index (κ1) is 18.4. The van der Waals surface area contributed by atoms with Crippen LogP contribution >= 0.6 is 0 Å². The Morgan fingerprint density at radius 1 is 1.10 bits per heavy atom. The predicted octanol–water partition coefficient (Wildman–Crippen LogP) is 1.97. The lowest BCUT2D eigenvalue weighted by Crippen LogP contribution is -2.48. The van der Waals surface area contributed by atoms with Crippen molar-refractivity contribution in [3.05, 3.63) is 53.9 Å². The number of piperidine rings is 1. The normalized spacial score (nSPS) is 26.3. The maximum Gasteiger partial charge on any atom is 0.254 e. The van der Waals surface area contributed by atoms with Gasteiger partial charge in [0, 0.05) is 49.6 Å². The number of carbonyl (C=O) groups excluding carboxylic acids is 1. The number of hydrogen-bond donors (Lipinski definition) is 2. The van der Waals surface area contributed by atoms with Gasteiger partial charge in [0.1, 0.15) is 13.2 Å². The first-order valence-electron chi connectivity index (χ1n) is 10.4.